The normalized spacial score (nSPS) is 20.5. The first-order valence-electron chi connectivity index (χ1n) is 6.54. The lowest BCUT2D eigenvalue weighted by molar-refractivity contribution is -0.143. The number of rotatable bonds is 4. The molecule has 1 aromatic rings. The van der Waals surface area contributed by atoms with E-state index in [-0.39, 0.29) is 5.57 Å². The van der Waals surface area contributed by atoms with Gasteiger partial charge in [-0.25, -0.2) is 9.18 Å². The van der Waals surface area contributed by atoms with E-state index in [1.807, 2.05) is 0 Å². The molecule has 0 bridgehead atoms. The number of carbonyl (C=O) groups excluding carboxylic acids is 1. The first-order valence-corrected chi connectivity index (χ1v) is 7.34. The summed E-state index contributed by atoms with van der Waals surface area (Å²) >= 11 is 3.05. The highest BCUT2D eigenvalue weighted by molar-refractivity contribution is 9.10. The molecule has 0 fully saturated rings. The molecule has 0 heterocycles. The number of ketones is 1. The minimum Gasteiger partial charge on any atom is -0.480 e. The Kier molecular flexibility index (Phi) is 4.51. The van der Waals surface area contributed by atoms with E-state index in [2.05, 4.69) is 15.9 Å². The van der Waals surface area contributed by atoms with Crippen molar-refractivity contribution in [3.8, 4) is 0 Å². The van der Waals surface area contributed by atoms with E-state index in [0.29, 0.717) is 10.0 Å². The van der Waals surface area contributed by atoms with E-state index in [1.165, 1.54) is 25.1 Å². The van der Waals surface area contributed by atoms with Crippen LogP contribution in [-0.4, -0.2) is 27.9 Å². The average Bonchev–Trinajstić information content (AvgIpc) is 2.46. The van der Waals surface area contributed by atoms with Gasteiger partial charge in [-0.3, -0.25) is 9.59 Å². The SMILES string of the molecule is CC1=C(C(=O)O)CC(C(=O)O)(C(=O)c2ccc(Br)cc2F)C=C1. The van der Waals surface area contributed by atoms with Crippen molar-refractivity contribution in [3.05, 3.63) is 57.4 Å². The number of allylic oxidation sites excluding steroid dienone is 2. The number of halogens is 2. The fourth-order valence-corrected chi connectivity index (χ4v) is 2.74. The summed E-state index contributed by atoms with van der Waals surface area (Å²) in [6.45, 7) is 1.51. The lowest BCUT2D eigenvalue weighted by Gasteiger charge is -2.28. The van der Waals surface area contributed by atoms with Gasteiger partial charge in [0.1, 0.15) is 5.82 Å². The van der Waals surface area contributed by atoms with E-state index < -0.39 is 40.9 Å². The fraction of sp³-hybridized carbons (Fsp3) is 0.188. The number of carboxylic acids is 2. The summed E-state index contributed by atoms with van der Waals surface area (Å²) in [6, 6.07) is 3.64. The third-order valence-corrected chi connectivity index (χ3v) is 4.26. The largest absolute Gasteiger partial charge is 0.480 e. The zero-order chi connectivity index (χ0) is 17.4. The lowest BCUT2D eigenvalue weighted by atomic mass is 9.71. The minimum atomic E-state index is -2.14. The molecular weight excluding hydrogens is 371 g/mol. The van der Waals surface area contributed by atoms with Crippen LogP contribution in [0.1, 0.15) is 23.7 Å². The number of Topliss-reactive ketones (excluding diaryl/α,β-unsaturated/α-hetero) is 1. The highest BCUT2D eigenvalue weighted by atomic mass is 79.9. The van der Waals surface area contributed by atoms with Gasteiger partial charge in [-0.05, 0) is 30.7 Å². The van der Waals surface area contributed by atoms with Gasteiger partial charge in [-0.1, -0.05) is 28.1 Å². The Balaban J connectivity index is 2.56. The Bertz CT molecular complexity index is 781. The van der Waals surface area contributed by atoms with Crippen molar-refractivity contribution in [3.63, 3.8) is 0 Å². The first kappa shape index (κ1) is 17.1. The van der Waals surface area contributed by atoms with Crippen LogP contribution in [0.25, 0.3) is 0 Å². The molecule has 0 amide bonds. The molecule has 0 aromatic heterocycles. The molecule has 1 unspecified atom stereocenters. The molecule has 1 aromatic carbocycles. The van der Waals surface area contributed by atoms with Crippen molar-refractivity contribution < 1.29 is 29.0 Å². The van der Waals surface area contributed by atoms with Crippen molar-refractivity contribution in [2.45, 2.75) is 13.3 Å². The third-order valence-electron chi connectivity index (χ3n) is 3.77. The average molecular weight is 383 g/mol. The van der Waals surface area contributed by atoms with Crippen molar-refractivity contribution in [2.75, 3.05) is 0 Å². The van der Waals surface area contributed by atoms with Gasteiger partial charge in [-0.15, -0.1) is 0 Å². The van der Waals surface area contributed by atoms with E-state index in [0.717, 1.165) is 12.1 Å². The summed E-state index contributed by atoms with van der Waals surface area (Å²) in [5.74, 6) is -4.69. The van der Waals surface area contributed by atoms with E-state index in [1.54, 1.807) is 0 Å². The molecule has 2 rings (SSSR count). The Labute approximate surface area is 139 Å². The Morgan fingerprint density at radius 1 is 1.26 bits per heavy atom. The molecule has 0 saturated heterocycles. The van der Waals surface area contributed by atoms with Gasteiger partial charge in [0, 0.05) is 16.5 Å². The second-order valence-electron chi connectivity index (χ2n) is 5.21. The van der Waals surface area contributed by atoms with Crippen molar-refractivity contribution in [1.29, 1.82) is 0 Å². The maximum atomic E-state index is 14.0. The third kappa shape index (κ3) is 2.96. The molecule has 7 heteroatoms. The summed E-state index contributed by atoms with van der Waals surface area (Å²) in [4.78, 5) is 35.7. The van der Waals surface area contributed by atoms with Crippen LogP contribution in [0.4, 0.5) is 4.39 Å². The molecule has 120 valence electrons. The zero-order valence-electron chi connectivity index (χ0n) is 12.0. The Morgan fingerprint density at radius 2 is 1.91 bits per heavy atom. The second kappa shape index (κ2) is 6.08. The van der Waals surface area contributed by atoms with Gasteiger partial charge >= 0.3 is 11.9 Å². The number of benzene rings is 1. The van der Waals surface area contributed by atoms with Crippen molar-refractivity contribution in [1.82, 2.24) is 0 Å². The van der Waals surface area contributed by atoms with E-state index >= 15 is 0 Å². The van der Waals surface area contributed by atoms with E-state index in [9.17, 15) is 29.0 Å². The summed E-state index contributed by atoms with van der Waals surface area (Å²) in [5.41, 5.74) is -2.36. The van der Waals surface area contributed by atoms with Gasteiger partial charge in [0.25, 0.3) is 0 Å². The van der Waals surface area contributed by atoms with Crippen LogP contribution in [0.15, 0.2) is 46.0 Å². The predicted octanol–water partition coefficient (Wildman–Crippen LogP) is 3.20. The van der Waals surface area contributed by atoms with Crippen molar-refractivity contribution in [2.24, 2.45) is 5.41 Å². The maximum Gasteiger partial charge on any atom is 0.331 e. The van der Waals surface area contributed by atoms with Gasteiger partial charge in [0.15, 0.2) is 11.2 Å². The molecule has 0 spiro atoms. The zero-order valence-corrected chi connectivity index (χ0v) is 13.6. The van der Waals surface area contributed by atoms with Gasteiger partial charge < -0.3 is 10.2 Å². The molecular formula is C16H12BrFO5. The van der Waals surface area contributed by atoms with Crippen LogP contribution in [0.3, 0.4) is 0 Å². The topological polar surface area (TPSA) is 91.7 Å². The molecule has 1 aliphatic carbocycles. The van der Waals surface area contributed by atoms with Crippen LogP contribution in [0.5, 0.6) is 0 Å². The molecule has 2 N–H and O–H groups in total. The fourth-order valence-electron chi connectivity index (χ4n) is 2.40. The molecule has 0 aliphatic heterocycles. The number of carbonyl (C=O) groups is 3. The molecule has 5 nitrogen and oxygen atoms in total. The molecule has 23 heavy (non-hydrogen) atoms. The van der Waals surface area contributed by atoms with Crippen LogP contribution < -0.4 is 0 Å². The van der Waals surface area contributed by atoms with Crippen LogP contribution in [0, 0.1) is 11.2 Å². The van der Waals surface area contributed by atoms with Crippen LogP contribution in [0.2, 0.25) is 0 Å². The standard InChI is InChI=1S/C16H12BrFO5/c1-8-4-5-16(15(22)23,7-11(8)14(20)21)13(19)10-3-2-9(17)6-12(10)18/h2-6H,7H2,1H3,(H,20,21)(H,22,23). The number of hydrogen-bond donors (Lipinski definition) is 2. The Hall–Kier alpha value is -2.28. The Morgan fingerprint density at radius 3 is 2.43 bits per heavy atom. The van der Waals surface area contributed by atoms with Gasteiger partial charge in [0.2, 0.25) is 0 Å². The second-order valence-corrected chi connectivity index (χ2v) is 6.12. The molecule has 1 atom stereocenters. The summed E-state index contributed by atoms with van der Waals surface area (Å²) in [6.07, 6.45) is 1.87. The molecule has 0 saturated carbocycles. The smallest absolute Gasteiger partial charge is 0.331 e. The van der Waals surface area contributed by atoms with Crippen molar-refractivity contribution >= 4 is 33.7 Å². The lowest BCUT2D eigenvalue weighted by Crippen LogP contribution is -2.40. The van der Waals surface area contributed by atoms with E-state index in [4.69, 9.17) is 0 Å². The maximum absolute atomic E-state index is 14.0. The number of carboxylic acid groups (broad SMARTS) is 2. The number of aliphatic carboxylic acids is 2. The summed E-state index contributed by atoms with van der Waals surface area (Å²) < 4.78 is 14.4. The first-order chi connectivity index (χ1) is 10.7. The number of hydrogen-bond acceptors (Lipinski definition) is 3. The highest BCUT2D eigenvalue weighted by Gasteiger charge is 2.48. The van der Waals surface area contributed by atoms with Crippen LogP contribution >= 0.6 is 15.9 Å². The summed E-state index contributed by atoms with van der Waals surface area (Å²) in [7, 11) is 0. The van der Waals surface area contributed by atoms with Gasteiger partial charge in [-0.2, -0.15) is 0 Å². The quantitative estimate of drug-likeness (QED) is 0.616. The summed E-state index contributed by atoms with van der Waals surface area (Å²) in [5, 5.41) is 18.7. The monoisotopic (exact) mass is 382 g/mol. The molecule has 1 aliphatic rings. The predicted molar refractivity (Wildman–Crippen MR) is 82.6 cm³/mol. The molecule has 0 radical (unpaired) electrons. The van der Waals surface area contributed by atoms with Gasteiger partial charge in [0.05, 0.1) is 5.56 Å². The van der Waals surface area contributed by atoms with Crippen LogP contribution in [-0.2, 0) is 9.59 Å². The highest BCUT2D eigenvalue weighted by Crippen LogP contribution is 2.38. The minimum absolute atomic E-state index is 0.180.